The van der Waals surface area contributed by atoms with Crippen molar-refractivity contribution in [3.8, 4) is 0 Å². The first-order chi connectivity index (χ1) is 5.37. The van der Waals surface area contributed by atoms with E-state index in [0.717, 1.165) is 0 Å². The van der Waals surface area contributed by atoms with Crippen molar-refractivity contribution in [2.45, 2.75) is 26.7 Å². The summed E-state index contributed by atoms with van der Waals surface area (Å²) in [4.78, 5) is 11.0. The number of Topliss-reactive ketones (excluding diaryl/α,β-unsaturated/α-hetero) is 1. The van der Waals surface area contributed by atoms with Crippen molar-refractivity contribution in [1.29, 1.82) is 0 Å². The van der Waals surface area contributed by atoms with E-state index in [1.807, 2.05) is 0 Å². The van der Waals surface area contributed by atoms with Crippen LogP contribution in [-0.4, -0.2) is 26.2 Å². The molecule has 12 heavy (non-hydrogen) atoms. The van der Waals surface area contributed by atoms with Crippen LogP contribution in [0, 0.1) is 5.92 Å². The number of ketones is 1. The van der Waals surface area contributed by atoms with E-state index in [9.17, 15) is 13.2 Å². The van der Waals surface area contributed by atoms with Crippen molar-refractivity contribution in [2.24, 2.45) is 5.92 Å². The van der Waals surface area contributed by atoms with Crippen LogP contribution in [0.3, 0.4) is 0 Å². The van der Waals surface area contributed by atoms with Crippen molar-refractivity contribution in [3.05, 3.63) is 0 Å². The van der Waals surface area contributed by atoms with Gasteiger partial charge in [0.05, 0.1) is 5.75 Å². The number of sulfone groups is 1. The van der Waals surface area contributed by atoms with Gasteiger partial charge < -0.3 is 0 Å². The smallest absolute Gasteiger partial charge is 0.147 e. The van der Waals surface area contributed by atoms with Crippen molar-refractivity contribution in [1.82, 2.24) is 0 Å². The molecule has 0 radical (unpaired) electrons. The van der Waals surface area contributed by atoms with Gasteiger partial charge in [-0.15, -0.1) is 0 Å². The van der Waals surface area contributed by atoms with Crippen LogP contribution in [0.2, 0.25) is 0 Å². The number of carbonyl (C=O) groups excluding carboxylic acids is 1. The molecule has 0 bridgehead atoms. The Morgan fingerprint density at radius 2 is 1.92 bits per heavy atom. The molecule has 0 amide bonds. The third-order valence-electron chi connectivity index (χ3n) is 1.82. The van der Waals surface area contributed by atoms with Gasteiger partial charge in [0, 0.05) is 18.6 Å². The van der Waals surface area contributed by atoms with Crippen molar-refractivity contribution in [2.75, 3.05) is 12.0 Å². The van der Waals surface area contributed by atoms with E-state index < -0.39 is 9.84 Å². The molecule has 0 rings (SSSR count). The Labute approximate surface area is 74.1 Å². The van der Waals surface area contributed by atoms with Crippen LogP contribution in [0.25, 0.3) is 0 Å². The summed E-state index contributed by atoms with van der Waals surface area (Å²) >= 11 is 0. The Bertz CT molecular complexity index is 241. The monoisotopic (exact) mass is 192 g/mol. The standard InChI is InChI=1S/C8H16O3S/c1-4-8(9)7(2)5-6-12(3,10)11/h7H,4-6H2,1-3H3. The summed E-state index contributed by atoms with van der Waals surface area (Å²) in [5.41, 5.74) is 0. The molecule has 0 aliphatic heterocycles. The zero-order valence-electron chi connectivity index (χ0n) is 7.83. The van der Waals surface area contributed by atoms with E-state index in [0.29, 0.717) is 12.8 Å². The average molecular weight is 192 g/mol. The molecule has 0 fully saturated rings. The fourth-order valence-electron chi connectivity index (χ4n) is 0.900. The molecule has 4 heteroatoms. The molecule has 0 spiro atoms. The van der Waals surface area contributed by atoms with Gasteiger partial charge in [-0.1, -0.05) is 13.8 Å². The van der Waals surface area contributed by atoms with Gasteiger partial charge >= 0.3 is 0 Å². The third kappa shape index (κ3) is 5.29. The van der Waals surface area contributed by atoms with Crippen molar-refractivity contribution < 1.29 is 13.2 Å². The Kier molecular flexibility index (Phi) is 4.45. The van der Waals surface area contributed by atoms with Gasteiger partial charge in [-0.25, -0.2) is 8.42 Å². The van der Waals surface area contributed by atoms with Gasteiger partial charge in [-0.3, -0.25) is 4.79 Å². The van der Waals surface area contributed by atoms with Crippen LogP contribution >= 0.6 is 0 Å². The fourth-order valence-corrected chi connectivity index (χ4v) is 1.68. The van der Waals surface area contributed by atoms with E-state index in [4.69, 9.17) is 0 Å². The second-order valence-electron chi connectivity index (χ2n) is 3.14. The number of hydrogen-bond acceptors (Lipinski definition) is 3. The highest BCUT2D eigenvalue weighted by Gasteiger charge is 2.13. The Hall–Kier alpha value is -0.380. The lowest BCUT2D eigenvalue weighted by Gasteiger charge is -2.06. The molecular formula is C8H16O3S. The summed E-state index contributed by atoms with van der Waals surface area (Å²) in [6.07, 6.45) is 2.13. The van der Waals surface area contributed by atoms with E-state index in [2.05, 4.69) is 0 Å². The normalized spacial score (nSPS) is 14.2. The SMILES string of the molecule is CCC(=O)C(C)CCS(C)(=O)=O. The summed E-state index contributed by atoms with van der Waals surface area (Å²) in [5, 5.41) is 0. The zero-order valence-corrected chi connectivity index (χ0v) is 8.65. The predicted molar refractivity (Wildman–Crippen MR) is 48.8 cm³/mol. The molecule has 72 valence electrons. The van der Waals surface area contributed by atoms with Crippen molar-refractivity contribution >= 4 is 15.6 Å². The number of hydrogen-bond donors (Lipinski definition) is 0. The quantitative estimate of drug-likeness (QED) is 0.654. The van der Waals surface area contributed by atoms with Crippen LogP contribution in [0.1, 0.15) is 26.7 Å². The molecule has 0 aliphatic carbocycles. The number of carbonyl (C=O) groups is 1. The highest BCUT2D eigenvalue weighted by Crippen LogP contribution is 2.07. The first-order valence-corrected chi connectivity index (χ1v) is 6.13. The maximum Gasteiger partial charge on any atom is 0.147 e. The lowest BCUT2D eigenvalue weighted by Crippen LogP contribution is -2.14. The minimum atomic E-state index is -2.91. The van der Waals surface area contributed by atoms with Crippen LogP contribution in [0.15, 0.2) is 0 Å². The molecular weight excluding hydrogens is 176 g/mol. The second-order valence-corrected chi connectivity index (χ2v) is 5.40. The lowest BCUT2D eigenvalue weighted by molar-refractivity contribution is -0.122. The molecule has 3 nitrogen and oxygen atoms in total. The fraction of sp³-hybridized carbons (Fsp3) is 0.875. The largest absolute Gasteiger partial charge is 0.299 e. The van der Waals surface area contributed by atoms with Crippen LogP contribution in [0.5, 0.6) is 0 Å². The molecule has 0 aromatic rings. The molecule has 0 aromatic carbocycles. The predicted octanol–water partition coefficient (Wildman–Crippen LogP) is 1.04. The van der Waals surface area contributed by atoms with Gasteiger partial charge in [0.1, 0.15) is 15.6 Å². The Morgan fingerprint density at radius 1 is 1.42 bits per heavy atom. The van der Waals surface area contributed by atoms with E-state index >= 15 is 0 Å². The first-order valence-electron chi connectivity index (χ1n) is 4.07. The minimum Gasteiger partial charge on any atom is -0.299 e. The summed E-state index contributed by atoms with van der Waals surface area (Å²) < 4.78 is 21.5. The summed E-state index contributed by atoms with van der Waals surface area (Å²) in [6, 6.07) is 0. The topological polar surface area (TPSA) is 51.2 Å². The molecule has 0 saturated carbocycles. The number of rotatable bonds is 5. The summed E-state index contributed by atoms with van der Waals surface area (Å²) in [5.74, 6) is 0.128. The Balaban J connectivity index is 3.88. The van der Waals surface area contributed by atoms with Crippen LogP contribution in [0.4, 0.5) is 0 Å². The van der Waals surface area contributed by atoms with Gasteiger partial charge in [-0.2, -0.15) is 0 Å². The molecule has 0 aliphatic rings. The van der Waals surface area contributed by atoms with Gasteiger partial charge in [0.25, 0.3) is 0 Å². The summed E-state index contributed by atoms with van der Waals surface area (Å²) in [7, 11) is -2.91. The second kappa shape index (κ2) is 4.60. The van der Waals surface area contributed by atoms with Crippen molar-refractivity contribution in [3.63, 3.8) is 0 Å². The maximum absolute atomic E-state index is 11.0. The van der Waals surface area contributed by atoms with Gasteiger partial charge in [0.15, 0.2) is 0 Å². The molecule has 0 N–H and O–H groups in total. The lowest BCUT2D eigenvalue weighted by atomic mass is 10.0. The average Bonchev–Trinajstić information content (AvgIpc) is 1.97. The minimum absolute atomic E-state index is 0.111. The van der Waals surface area contributed by atoms with Crippen LogP contribution < -0.4 is 0 Å². The molecule has 0 saturated heterocycles. The van der Waals surface area contributed by atoms with E-state index in [1.54, 1.807) is 13.8 Å². The molecule has 0 aromatic heterocycles. The highest BCUT2D eigenvalue weighted by atomic mass is 32.2. The molecule has 0 heterocycles. The molecule has 1 atom stereocenters. The maximum atomic E-state index is 11.0. The van der Waals surface area contributed by atoms with Gasteiger partial charge in [0.2, 0.25) is 0 Å². The first kappa shape index (κ1) is 11.6. The van der Waals surface area contributed by atoms with Crippen LogP contribution in [-0.2, 0) is 14.6 Å². The highest BCUT2D eigenvalue weighted by molar-refractivity contribution is 7.90. The van der Waals surface area contributed by atoms with E-state index in [1.165, 1.54) is 6.26 Å². The molecule has 1 unspecified atom stereocenters. The Morgan fingerprint density at radius 3 is 2.25 bits per heavy atom. The van der Waals surface area contributed by atoms with Gasteiger partial charge in [-0.05, 0) is 6.42 Å². The summed E-state index contributed by atoms with van der Waals surface area (Å²) in [6.45, 7) is 3.57. The third-order valence-corrected chi connectivity index (χ3v) is 2.80. The van der Waals surface area contributed by atoms with E-state index in [-0.39, 0.29) is 17.5 Å². The zero-order chi connectivity index (χ0) is 9.78.